The van der Waals surface area contributed by atoms with Gasteiger partial charge in [-0.3, -0.25) is 4.79 Å². The summed E-state index contributed by atoms with van der Waals surface area (Å²) in [6.07, 6.45) is -5.01. The molecule has 5 atom stereocenters. The van der Waals surface area contributed by atoms with Crippen LogP contribution in [0.5, 0.6) is 0 Å². The molecular formula is C17H20N2O6S. The summed E-state index contributed by atoms with van der Waals surface area (Å²) in [6.45, 7) is 1.42. The van der Waals surface area contributed by atoms with Crippen molar-refractivity contribution in [3.8, 4) is 0 Å². The topological polar surface area (TPSA) is 132 Å². The van der Waals surface area contributed by atoms with Gasteiger partial charge in [-0.05, 0) is 6.92 Å². The molecule has 1 aromatic heterocycles. The summed E-state index contributed by atoms with van der Waals surface area (Å²) in [4.78, 5) is 17.0. The largest absolute Gasteiger partial charge is 0.394 e. The fourth-order valence-corrected chi connectivity index (χ4v) is 3.44. The molecule has 0 unspecified atom stereocenters. The van der Waals surface area contributed by atoms with Gasteiger partial charge in [0.15, 0.2) is 11.4 Å². The molecule has 1 fully saturated rings. The van der Waals surface area contributed by atoms with Crippen molar-refractivity contribution in [2.24, 2.45) is 0 Å². The number of aliphatic hydroxyl groups excluding tert-OH is 4. The molecule has 1 aliphatic rings. The minimum absolute atomic E-state index is 0.177. The Bertz CT molecular complexity index is 763. The lowest BCUT2D eigenvalue weighted by molar-refractivity contribution is -0.221. The van der Waals surface area contributed by atoms with Crippen LogP contribution < -0.4 is 5.32 Å². The van der Waals surface area contributed by atoms with E-state index in [0.717, 1.165) is 16.9 Å². The van der Waals surface area contributed by atoms with Crippen molar-refractivity contribution in [1.82, 2.24) is 4.98 Å². The van der Waals surface area contributed by atoms with E-state index in [-0.39, 0.29) is 5.78 Å². The van der Waals surface area contributed by atoms with E-state index < -0.39 is 37.3 Å². The van der Waals surface area contributed by atoms with E-state index in [9.17, 15) is 25.2 Å². The summed E-state index contributed by atoms with van der Waals surface area (Å²) in [5, 5.41) is 41.9. The SMILES string of the molecule is Cc1ccc(C(=O)c2cnc(N[C@@H]3O[C@H](CO)[C@@H](O)[C@H](O)[C@@H]3O)s2)cc1. The molecule has 5 N–H and O–H groups in total. The fraction of sp³-hybridized carbons (Fsp3) is 0.412. The molecule has 1 aliphatic heterocycles. The molecule has 26 heavy (non-hydrogen) atoms. The molecule has 2 aromatic rings. The summed E-state index contributed by atoms with van der Waals surface area (Å²) < 4.78 is 5.36. The van der Waals surface area contributed by atoms with Gasteiger partial charge in [0, 0.05) is 5.56 Å². The second-order valence-corrected chi connectivity index (χ2v) is 7.15. The summed E-state index contributed by atoms with van der Waals surface area (Å²) in [6, 6.07) is 7.17. The second-order valence-electron chi connectivity index (χ2n) is 6.12. The number of aryl methyl sites for hydroxylation is 1. The highest BCUT2D eigenvalue weighted by Crippen LogP contribution is 2.26. The number of nitrogens with zero attached hydrogens (tertiary/aromatic N) is 1. The Labute approximate surface area is 153 Å². The Morgan fingerprint density at radius 1 is 1.19 bits per heavy atom. The number of carbonyl (C=O) groups excluding carboxylic acids is 1. The molecule has 3 rings (SSSR count). The predicted octanol–water partition coefficient (Wildman–Crippen LogP) is -0.106. The van der Waals surface area contributed by atoms with Gasteiger partial charge in [-0.15, -0.1) is 0 Å². The maximum absolute atomic E-state index is 12.5. The van der Waals surface area contributed by atoms with Crippen LogP contribution in [0.2, 0.25) is 0 Å². The van der Waals surface area contributed by atoms with E-state index in [2.05, 4.69) is 10.3 Å². The molecule has 1 saturated heterocycles. The van der Waals surface area contributed by atoms with E-state index in [1.165, 1.54) is 6.20 Å². The van der Waals surface area contributed by atoms with E-state index in [1.54, 1.807) is 12.1 Å². The van der Waals surface area contributed by atoms with Gasteiger partial charge in [-0.25, -0.2) is 4.98 Å². The van der Waals surface area contributed by atoms with Crippen LogP contribution in [0.1, 0.15) is 20.8 Å². The number of hydrogen-bond donors (Lipinski definition) is 5. The highest BCUT2D eigenvalue weighted by molar-refractivity contribution is 7.17. The van der Waals surface area contributed by atoms with Crippen molar-refractivity contribution in [3.05, 3.63) is 46.5 Å². The quantitative estimate of drug-likeness (QED) is 0.454. The normalized spacial score (nSPS) is 28.7. The van der Waals surface area contributed by atoms with Gasteiger partial charge < -0.3 is 30.5 Å². The third kappa shape index (κ3) is 3.78. The van der Waals surface area contributed by atoms with Gasteiger partial charge in [0.2, 0.25) is 5.78 Å². The summed E-state index contributed by atoms with van der Waals surface area (Å²) in [7, 11) is 0. The van der Waals surface area contributed by atoms with E-state index >= 15 is 0 Å². The Kier molecular flexibility index (Phi) is 5.66. The number of aromatic nitrogens is 1. The van der Waals surface area contributed by atoms with Crippen molar-refractivity contribution in [2.75, 3.05) is 11.9 Å². The van der Waals surface area contributed by atoms with Crippen molar-refractivity contribution < 1.29 is 30.0 Å². The minimum atomic E-state index is -1.48. The molecule has 0 bridgehead atoms. The van der Waals surface area contributed by atoms with E-state index in [1.807, 2.05) is 19.1 Å². The monoisotopic (exact) mass is 380 g/mol. The summed E-state index contributed by atoms with van der Waals surface area (Å²) >= 11 is 1.08. The standard InChI is InChI=1S/C17H20N2O6S/c1-8-2-4-9(5-3-8)12(21)11-6-18-17(26-11)19-16-15(24)14(23)13(22)10(7-20)25-16/h2-6,10,13-16,20,22-24H,7H2,1H3,(H,18,19)/t10-,13-,14+,15+,16-/m1/s1. The van der Waals surface area contributed by atoms with Crippen LogP contribution >= 0.6 is 11.3 Å². The van der Waals surface area contributed by atoms with Crippen molar-refractivity contribution in [1.29, 1.82) is 0 Å². The molecule has 1 aromatic carbocycles. The lowest BCUT2D eigenvalue weighted by Crippen LogP contribution is -2.60. The average Bonchev–Trinajstić information content (AvgIpc) is 3.11. The molecule has 0 aliphatic carbocycles. The first-order valence-corrected chi connectivity index (χ1v) is 8.86. The lowest BCUT2D eigenvalue weighted by atomic mass is 9.98. The van der Waals surface area contributed by atoms with Gasteiger partial charge in [0.1, 0.15) is 24.4 Å². The zero-order valence-electron chi connectivity index (χ0n) is 13.9. The molecule has 0 amide bonds. The molecule has 8 nitrogen and oxygen atoms in total. The smallest absolute Gasteiger partial charge is 0.204 e. The van der Waals surface area contributed by atoms with Gasteiger partial charge in [0.25, 0.3) is 0 Å². The van der Waals surface area contributed by atoms with Crippen LogP contribution in [0, 0.1) is 6.92 Å². The molecule has 0 radical (unpaired) electrons. The number of hydrogen-bond acceptors (Lipinski definition) is 9. The van der Waals surface area contributed by atoms with Crippen molar-refractivity contribution in [2.45, 2.75) is 37.6 Å². The fourth-order valence-electron chi connectivity index (χ4n) is 2.64. The van der Waals surface area contributed by atoms with Crippen LogP contribution in [-0.2, 0) is 4.74 Å². The number of ether oxygens (including phenoxy) is 1. The highest BCUT2D eigenvalue weighted by atomic mass is 32.1. The number of benzene rings is 1. The summed E-state index contributed by atoms with van der Waals surface area (Å²) in [5.41, 5.74) is 1.59. The summed E-state index contributed by atoms with van der Waals surface area (Å²) in [5.74, 6) is -0.177. The Morgan fingerprint density at radius 3 is 2.54 bits per heavy atom. The number of thiazole rings is 1. The Morgan fingerprint density at radius 2 is 1.88 bits per heavy atom. The first-order chi connectivity index (χ1) is 12.4. The van der Waals surface area contributed by atoms with Crippen LogP contribution in [0.4, 0.5) is 5.13 Å². The number of rotatable bonds is 5. The second kappa shape index (κ2) is 7.78. The first-order valence-electron chi connectivity index (χ1n) is 8.05. The number of ketones is 1. The molecule has 9 heteroatoms. The number of nitrogens with one attached hydrogen (secondary N) is 1. The Hall–Kier alpha value is -1.88. The first kappa shape index (κ1) is 18.9. The van der Waals surface area contributed by atoms with E-state index in [0.29, 0.717) is 15.6 Å². The van der Waals surface area contributed by atoms with Crippen molar-refractivity contribution >= 4 is 22.3 Å². The number of anilines is 1. The third-order valence-electron chi connectivity index (χ3n) is 4.20. The average molecular weight is 380 g/mol. The lowest BCUT2D eigenvalue weighted by Gasteiger charge is -2.40. The highest BCUT2D eigenvalue weighted by Gasteiger charge is 2.43. The number of carbonyl (C=O) groups is 1. The van der Waals surface area contributed by atoms with Gasteiger partial charge >= 0.3 is 0 Å². The van der Waals surface area contributed by atoms with Crippen molar-refractivity contribution in [3.63, 3.8) is 0 Å². The molecule has 2 heterocycles. The van der Waals surface area contributed by atoms with E-state index in [4.69, 9.17) is 4.74 Å². The zero-order chi connectivity index (χ0) is 18.8. The van der Waals surface area contributed by atoms with Gasteiger partial charge in [0.05, 0.1) is 17.7 Å². The molecule has 0 spiro atoms. The van der Waals surface area contributed by atoms with Crippen LogP contribution in [-0.4, -0.2) is 68.4 Å². The van der Waals surface area contributed by atoms with Crippen LogP contribution in [0.3, 0.4) is 0 Å². The molecule has 0 saturated carbocycles. The maximum atomic E-state index is 12.5. The number of aliphatic hydroxyl groups is 4. The minimum Gasteiger partial charge on any atom is -0.394 e. The zero-order valence-corrected chi connectivity index (χ0v) is 14.8. The molecule has 140 valence electrons. The van der Waals surface area contributed by atoms with Crippen LogP contribution in [0.15, 0.2) is 30.5 Å². The van der Waals surface area contributed by atoms with Gasteiger partial charge in [-0.1, -0.05) is 41.2 Å². The maximum Gasteiger partial charge on any atom is 0.204 e. The van der Waals surface area contributed by atoms with Crippen LogP contribution in [0.25, 0.3) is 0 Å². The predicted molar refractivity (Wildman–Crippen MR) is 94.1 cm³/mol. The van der Waals surface area contributed by atoms with Gasteiger partial charge in [-0.2, -0.15) is 0 Å². The molecular weight excluding hydrogens is 360 g/mol. The third-order valence-corrected chi connectivity index (χ3v) is 5.13. The Balaban J connectivity index is 1.71.